The minimum Gasteiger partial charge on any atom is -0.455 e. The van der Waals surface area contributed by atoms with Crippen LogP contribution in [-0.2, 0) is 0 Å². The fourth-order valence-electron chi connectivity index (χ4n) is 9.16. The van der Waals surface area contributed by atoms with Crippen LogP contribution in [0.3, 0.4) is 0 Å². The monoisotopic (exact) mass is 733 g/mol. The molecule has 9 aromatic rings. The van der Waals surface area contributed by atoms with Gasteiger partial charge in [0.1, 0.15) is 11.2 Å². The van der Waals surface area contributed by atoms with E-state index in [1.165, 1.54) is 85.9 Å². The van der Waals surface area contributed by atoms with Crippen LogP contribution in [0.15, 0.2) is 188 Å². The Hall–Kier alpha value is -5.68. The van der Waals surface area contributed by atoms with Crippen LogP contribution in [0.25, 0.3) is 66.1 Å². The molecule has 3 heterocycles. The Labute approximate surface area is 319 Å². The highest BCUT2D eigenvalue weighted by atomic mass is 32.3. The number of benzene rings is 8. The minimum absolute atomic E-state index is 0.940. The summed E-state index contributed by atoms with van der Waals surface area (Å²) >= 11 is 0. The van der Waals surface area contributed by atoms with Gasteiger partial charge < -0.3 is 9.32 Å². The molecule has 0 atom stereocenters. The van der Waals surface area contributed by atoms with Crippen molar-refractivity contribution in [2.24, 2.45) is 0 Å². The number of fused-ring (bicyclic) bond motifs is 11. The van der Waals surface area contributed by atoms with Gasteiger partial charge in [-0.25, -0.2) is 0 Å². The van der Waals surface area contributed by atoms with E-state index in [0.717, 1.165) is 16.9 Å². The van der Waals surface area contributed by atoms with Gasteiger partial charge in [0, 0.05) is 52.9 Å². The fraction of sp³-hybridized carbons (Fsp3) is 0.0800. The number of hydrogen-bond acceptors (Lipinski definition) is 2. The van der Waals surface area contributed by atoms with Gasteiger partial charge in [0.25, 0.3) is 0 Å². The van der Waals surface area contributed by atoms with Gasteiger partial charge in [-0.05, 0) is 125 Å². The van der Waals surface area contributed by atoms with E-state index in [4.69, 9.17) is 4.42 Å². The zero-order chi connectivity index (χ0) is 36.3. The van der Waals surface area contributed by atoms with Crippen LogP contribution in [-0.4, -0.2) is 25.0 Å². The molecule has 0 fully saturated rings. The lowest BCUT2D eigenvalue weighted by molar-refractivity contribution is 0.669. The Bertz CT molecular complexity index is 3010. The molecule has 0 saturated heterocycles. The van der Waals surface area contributed by atoms with E-state index in [9.17, 15) is 0 Å². The van der Waals surface area contributed by atoms with Crippen molar-refractivity contribution < 1.29 is 4.42 Å². The molecule has 0 amide bonds. The van der Waals surface area contributed by atoms with Crippen LogP contribution in [0.4, 0.5) is 17.1 Å². The first-order valence-electron chi connectivity index (χ1n) is 18.5. The molecule has 2 aliphatic heterocycles. The molecule has 54 heavy (non-hydrogen) atoms. The van der Waals surface area contributed by atoms with Crippen molar-refractivity contribution in [3.63, 3.8) is 0 Å². The molecular weight excluding hydrogens is 695 g/mol. The van der Waals surface area contributed by atoms with Crippen molar-refractivity contribution in [2.45, 2.75) is 19.6 Å². The standard InChI is InChI=1S/C50H39NOS2/c1-53(2)45-19-10-8-15-39(45)42-31-37(26-28-46(42)53)51(36-24-22-33(23-25-36)35-21-20-32-12-5-6-13-34(32)30-35)43-17-11-16-41-48-47(54(3,4)50(41)43)29-27-40-38-14-7-9-18-44(38)52-49(40)48/h5-31H,1-4H3. The van der Waals surface area contributed by atoms with Gasteiger partial charge >= 0.3 is 0 Å². The van der Waals surface area contributed by atoms with E-state index >= 15 is 0 Å². The molecule has 0 spiro atoms. The Morgan fingerprint density at radius 1 is 0.444 bits per heavy atom. The molecule has 11 rings (SSSR count). The molecule has 0 bridgehead atoms. The van der Waals surface area contributed by atoms with Crippen molar-refractivity contribution >= 4 is 69.8 Å². The van der Waals surface area contributed by atoms with E-state index in [2.05, 4.69) is 194 Å². The van der Waals surface area contributed by atoms with Crippen molar-refractivity contribution in [3.8, 4) is 33.4 Å². The Balaban J connectivity index is 1.13. The number of para-hydroxylation sites is 1. The average Bonchev–Trinajstić information content (AvgIpc) is 3.78. The molecule has 8 aromatic carbocycles. The van der Waals surface area contributed by atoms with Gasteiger partial charge in [-0.3, -0.25) is 0 Å². The van der Waals surface area contributed by atoms with E-state index in [0.29, 0.717) is 0 Å². The summed E-state index contributed by atoms with van der Waals surface area (Å²) in [6, 6.07) is 60.8. The summed E-state index contributed by atoms with van der Waals surface area (Å²) in [5, 5.41) is 4.87. The van der Waals surface area contributed by atoms with Gasteiger partial charge in [0.15, 0.2) is 0 Å². The second-order valence-electron chi connectivity index (χ2n) is 15.3. The van der Waals surface area contributed by atoms with Gasteiger partial charge in [-0.2, -0.15) is 20.1 Å². The first-order valence-corrected chi connectivity index (χ1v) is 23.4. The molecule has 0 unspecified atom stereocenters. The zero-order valence-corrected chi connectivity index (χ0v) is 32.4. The summed E-state index contributed by atoms with van der Waals surface area (Å²) in [6.07, 6.45) is 9.79. The second kappa shape index (κ2) is 11.4. The molecule has 0 aliphatic carbocycles. The SMILES string of the molecule is CS1(C)c2ccccc2-c2cc(N(c3ccc(-c4ccc5ccccc5c4)cc3)c3cccc4c3S(C)(C)c3ccc5c(oc6ccccc65)c3-4)ccc21. The maximum atomic E-state index is 6.70. The Morgan fingerprint density at radius 2 is 1.13 bits per heavy atom. The molecule has 1 aromatic heterocycles. The average molecular weight is 734 g/mol. The third-order valence-corrected chi connectivity index (χ3v) is 17.6. The summed E-state index contributed by atoms with van der Waals surface area (Å²) in [6.45, 7) is 0. The molecule has 262 valence electrons. The number of anilines is 3. The summed E-state index contributed by atoms with van der Waals surface area (Å²) in [5.41, 5.74) is 13.2. The highest BCUT2D eigenvalue weighted by molar-refractivity contribution is 8.33. The smallest absolute Gasteiger partial charge is 0.144 e. The lowest BCUT2D eigenvalue weighted by Crippen LogP contribution is -2.13. The van der Waals surface area contributed by atoms with Crippen LogP contribution in [0.1, 0.15) is 0 Å². The predicted octanol–water partition coefficient (Wildman–Crippen LogP) is 14.8. The van der Waals surface area contributed by atoms with E-state index < -0.39 is 20.1 Å². The molecule has 2 aliphatic rings. The van der Waals surface area contributed by atoms with Crippen LogP contribution < -0.4 is 4.90 Å². The summed E-state index contributed by atoms with van der Waals surface area (Å²) in [5.74, 6) is 0. The van der Waals surface area contributed by atoms with Gasteiger partial charge in [-0.1, -0.05) is 97.1 Å². The number of furan rings is 1. The van der Waals surface area contributed by atoms with Crippen molar-refractivity contribution in [1.29, 1.82) is 0 Å². The quantitative estimate of drug-likeness (QED) is 0.179. The first-order chi connectivity index (χ1) is 26.3. The highest BCUT2D eigenvalue weighted by Gasteiger charge is 2.39. The van der Waals surface area contributed by atoms with Crippen LogP contribution in [0.5, 0.6) is 0 Å². The Morgan fingerprint density at radius 3 is 2.00 bits per heavy atom. The normalized spacial score (nSPS) is 15.8. The lowest BCUT2D eigenvalue weighted by Gasteiger charge is -2.35. The number of rotatable bonds is 4. The zero-order valence-electron chi connectivity index (χ0n) is 30.8. The molecular formula is C50H39NOS2. The van der Waals surface area contributed by atoms with Gasteiger partial charge in [0.2, 0.25) is 0 Å². The van der Waals surface area contributed by atoms with E-state index in [1.807, 2.05) is 0 Å². The predicted molar refractivity (Wildman–Crippen MR) is 234 cm³/mol. The minimum atomic E-state index is -1.43. The fourth-order valence-corrected chi connectivity index (χ4v) is 14.4. The van der Waals surface area contributed by atoms with E-state index in [1.54, 1.807) is 0 Å². The topological polar surface area (TPSA) is 16.4 Å². The number of hydrogen-bond donors (Lipinski definition) is 0. The van der Waals surface area contributed by atoms with Crippen molar-refractivity contribution in [1.82, 2.24) is 0 Å². The maximum absolute atomic E-state index is 6.70. The molecule has 0 radical (unpaired) electrons. The molecule has 4 heteroatoms. The van der Waals surface area contributed by atoms with Crippen LogP contribution in [0, 0.1) is 0 Å². The summed E-state index contributed by atoms with van der Waals surface area (Å²) in [7, 11) is -2.54. The van der Waals surface area contributed by atoms with Gasteiger partial charge in [-0.15, -0.1) is 0 Å². The van der Waals surface area contributed by atoms with Crippen molar-refractivity contribution in [3.05, 3.63) is 164 Å². The largest absolute Gasteiger partial charge is 0.455 e. The third-order valence-electron chi connectivity index (χ3n) is 11.8. The van der Waals surface area contributed by atoms with Gasteiger partial charge in [0.05, 0.1) is 5.69 Å². The van der Waals surface area contributed by atoms with E-state index in [-0.39, 0.29) is 0 Å². The molecule has 0 N–H and O–H groups in total. The van der Waals surface area contributed by atoms with Crippen LogP contribution >= 0.6 is 20.1 Å². The number of nitrogens with zero attached hydrogens (tertiary/aromatic N) is 1. The second-order valence-corrected chi connectivity index (χ2v) is 22.4. The molecule has 0 saturated carbocycles. The third kappa shape index (κ3) is 4.44. The molecule has 2 nitrogen and oxygen atoms in total. The highest BCUT2D eigenvalue weighted by Crippen LogP contribution is 2.72. The van der Waals surface area contributed by atoms with Crippen LogP contribution in [0.2, 0.25) is 0 Å². The lowest BCUT2D eigenvalue weighted by atomic mass is 9.99. The summed E-state index contributed by atoms with van der Waals surface area (Å²) < 4.78 is 6.70. The summed E-state index contributed by atoms with van der Waals surface area (Å²) in [4.78, 5) is 8.24. The van der Waals surface area contributed by atoms with Crippen molar-refractivity contribution in [2.75, 3.05) is 29.9 Å². The maximum Gasteiger partial charge on any atom is 0.144 e. The Kier molecular flexibility index (Phi) is 6.72. The first kappa shape index (κ1) is 31.8.